The van der Waals surface area contributed by atoms with Crippen LogP contribution in [0.1, 0.15) is 0 Å². The summed E-state index contributed by atoms with van der Waals surface area (Å²) in [7, 11) is -3.35. The summed E-state index contributed by atoms with van der Waals surface area (Å²) in [4.78, 5) is 0. The molecule has 1 N–H and O–H groups in total. The zero-order valence-corrected chi connectivity index (χ0v) is 15.1. The van der Waals surface area contributed by atoms with Gasteiger partial charge in [0.25, 0.3) is 0 Å². The fourth-order valence-electron chi connectivity index (χ4n) is 1.62. The third kappa shape index (κ3) is 6.99. The second kappa shape index (κ2) is 12.7. The van der Waals surface area contributed by atoms with E-state index >= 15 is 0 Å². The molecule has 0 bridgehead atoms. The molecule has 0 aromatic rings. The lowest BCUT2D eigenvalue weighted by Gasteiger charge is -2.37. The molecule has 10 heteroatoms. The fourth-order valence-corrected chi connectivity index (χ4v) is 5.32. The molecule has 0 aromatic heterocycles. The molecule has 5 nitrogen and oxygen atoms in total. The minimum absolute atomic E-state index is 0.0422. The predicted octanol–water partition coefficient (Wildman–Crippen LogP) is 2.66. The van der Waals surface area contributed by atoms with Gasteiger partial charge < -0.3 is 9.63 Å². The fraction of sp³-hybridized carbons (Fsp3) is 1.00. The molecule has 0 atom stereocenters. The van der Waals surface area contributed by atoms with Gasteiger partial charge in [0.05, 0.1) is 13.2 Å². The van der Waals surface area contributed by atoms with E-state index in [2.05, 4.69) is 0 Å². The third-order valence-corrected chi connectivity index (χ3v) is 5.86. The van der Waals surface area contributed by atoms with Gasteiger partial charge in [-0.05, 0) is 0 Å². The summed E-state index contributed by atoms with van der Waals surface area (Å²) >= 11 is 23.0. The van der Waals surface area contributed by atoms with Crippen molar-refractivity contribution in [3.8, 4) is 0 Å². The normalized spacial score (nSPS) is 12.6. The highest BCUT2D eigenvalue weighted by Crippen LogP contribution is 2.54. The molecule has 0 aliphatic carbocycles. The number of halogens is 4. The quantitative estimate of drug-likeness (QED) is 0.387. The van der Waals surface area contributed by atoms with Crippen LogP contribution in [-0.2, 0) is 9.09 Å². The Morgan fingerprint density at radius 3 is 1.45 bits per heavy atom. The molecular formula is C10H21Cl4N2O3P. The zero-order valence-electron chi connectivity index (χ0n) is 11.2. The van der Waals surface area contributed by atoms with Gasteiger partial charge in [0, 0.05) is 49.7 Å². The van der Waals surface area contributed by atoms with Crippen LogP contribution in [-0.4, -0.2) is 77.4 Å². The van der Waals surface area contributed by atoms with Crippen LogP contribution in [0.25, 0.3) is 0 Å². The van der Waals surface area contributed by atoms with E-state index in [1.165, 1.54) is 0 Å². The molecule has 0 fully saturated rings. The molecule has 0 heterocycles. The molecule has 20 heavy (non-hydrogen) atoms. The van der Waals surface area contributed by atoms with Gasteiger partial charge in [-0.15, -0.1) is 46.4 Å². The maximum atomic E-state index is 13.2. The molecular weight excluding hydrogens is 369 g/mol. The molecule has 0 spiro atoms. The van der Waals surface area contributed by atoms with Crippen molar-refractivity contribution in [1.29, 1.82) is 0 Å². The Morgan fingerprint density at radius 1 is 0.850 bits per heavy atom. The van der Waals surface area contributed by atoms with Crippen molar-refractivity contribution in [1.82, 2.24) is 9.34 Å². The summed E-state index contributed by atoms with van der Waals surface area (Å²) in [5, 5.41) is 8.93. The zero-order chi connectivity index (χ0) is 15.4. The topological polar surface area (TPSA) is 53.0 Å². The first-order chi connectivity index (χ1) is 9.60. The molecule has 0 saturated heterocycles. The first-order valence-electron chi connectivity index (χ1n) is 6.20. The number of hydrogen-bond donors (Lipinski definition) is 1. The SMILES string of the molecule is O=P(OCCO)(N(CCCl)CCCl)N(CCCl)CCCl. The third-order valence-electron chi connectivity index (χ3n) is 2.44. The average molecular weight is 390 g/mol. The van der Waals surface area contributed by atoms with E-state index in [0.29, 0.717) is 49.7 Å². The van der Waals surface area contributed by atoms with Crippen molar-refractivity contribution in [2.75, 3.05) is 62.9 Å². The van der Waals surface area contributed by atoms with Crippen LogP contribution in [0.3, 0.4) is 0 Å². The molecule has 0 aliphatic rings. The lowest BCUT2D eigenvalue weighted by atomic mass is 10.6. The van der Waals surface area contributed by atoms with Crippen molar-refractivity contribution < 1.29 is 14.2 Å². The number of aliphatic hydroxyl groups excluding tert-OH is 1. The smallest absolute Gasteiger partial charge is 0.346 e. The minimum Gasteiger partial charge on any atom is -0.394 e. The molecule has 0 amide bonds. The Hall–Kier alpha value is 1.23. The van der Waals surface area contributed by atoms with Crippen LogP contribution in [0.15, 0.2) is 0 Å². The highest BCUT2D eigenvalue weighted by atomic mass is 35.5. The lowest BCUT2D eigenvalue weighted by Crippen LogP contribution is -2.37. The van der Waals surface area contributed by atoms with Crippen LogP contribution in [0.2, 0.25) is 0 Å². The van der Waals surface area contributed by atoms with Gasteiger partial charge in [-0.25, -0.2) is 9.34 Å². The molecule has 0 radical (unpaired) electrons. The summed E-state index contributed by atoms with van der Waals surface area (Å²) in [6.07, 6.45) is 0. The standard InChI is InChI=1S/C10H21Cl4N2O3P/c11-1-5-15(6-2-12)20(18,19-10-9-17)16(7-3-13)8-4-14/h17H,1-10H2. The lowest BCUT2D eigenvalue weighted by molar-refractivity contribution is 0.165. The maximum Gasteiger partial charge on any atom is 0.346 e. The number of hydrogen-bond acceptors (Lipinski definition) is 3. The average Bonchev–Trinajstić information content (AvgIpc) is 2.44. The Kier molecular flexibility index (Phi) is 13.5. The Bertz CT molecular complexity index is 257. The van der Waals surface area contributed by atoms with E-state index in [0.717, 1.165) is 0 Å². The van der Waals surface area contributed by atoms with Crippen molar-refractivity contribution in [3.63, 3.8) is 0 Å². The van der Waals surface area contributed by atoms with Crippen molar-refractivity contribution in [2.45, 2.75) is 0 Å². The van der Waals surface area contributed by atoms with E-state index in [1.54, 1.807) is 9.34 Å². The summed E-state index contributed by atoms with van der Waals surface area (Å²) in [6.45, 7) is 1.17. The van der Waals surface area contributed by atoms with E-state index in [-0.39, 0.29) is 13.2 Å². The summed E-state index contributed by atoms with van der Waals surface area (Å²) in [5.74, 6) is 1.16. The second-order valence-corrected chi connectivity index (χ2v) is 7.59. The highest BCUT2D eigenvalue weighted by molar-refractivity contribution is 7.54. The number of alkyl halides is 4. The first kappa shape index (κ1) is 21.2. The summed E-state index contributed by atoms with van der Waals surface area (Å²) in [6, 6.07) is 0. The monoisotopic (exact) mass is 388 g/mol. The van der Waals surface area contributed by atoms with Gasteiger partial charge in [0.1, 0.15) is 0 Å². The van der Waals surface area contributed by atoms with Crippen LogP contribution in [0.5, 0.6) is 0 Å². The molecule has 122 valence electrons. The largest absolute Gasteiger partial charge is 0.394 e. The van der Waals surface area contributed by atoms with E-state index in [4.69, 9.17) is 56.0 Å². The van der Waals surface area contributed by atoms with Crippen molar-refractivity contribution in [3.05, 3.63) is 0 Å². The number of rotatable bonds is 13. The highest BCUT2D eigenvalue weighted by Gasteiger charge is 2.37. The number of aliphatic hydroxyl groups is 1. The Balaban J connectivity index is 5.22. The van der Waals surface area contributed by atoms with Gasteiger partial charge in [0.15, 0.2) is 0 Å². The maximum absolute atomic E-state index is 13.2. The molecule has 0 rings (SSSR count). The van der Waals surface area contributed by atoms with Crippen LogP contribution in [0.4, 0.5) is 0 Å². The van der Waals surface area contributed by atoms with Gasteiger partial charge in [-0.2, -0.15) is 0 Å². The molecule has 0 aliphatic heterocycles. The number of nitrogens with zero attached hydrogens (tertiary/aromatic N) is 2. The Morgan fingerprint density at radius 2 is 1.20 bits per heavy atom. The van der Waals surface area contributed by atoms with Gasteiger partial charge in [-0.3, -0.25) is 4.57 Å². The predicted molar refractivity (Wildman–Crippen MR) is 86.7 cm³/mol. The molecule has 0 aromatic carbocycles. The van der Waals surface area contributed by atoms with Crippen molar-refractivity contribution >= 4 is 54.1 Å². The van der Waals surface area contributed by atoms with E-state index in [9.17, 15) is 4.57 Å². The van der Waals surface area contributed by atoms with E-state index < -0.39 is 7.67 Å². The molecule has 0 unspecified atom stereocenters. The van der Waals surface area contributed by atoms with Crippen LogP contribution < -0.4 is 0 Å². The summed E-state index contributed by atoms with van der Waals surface area (Å²) in [5.41, 5.74) is 0. The summed E-state index contributed by atoms with van der Waals surface area (Å²) < 4.78 is 21.9. The van der Waals surface area contributed by atoms with Gasteiger partial charge in [0.2, 0.25) is 0 Å². The van der Waals surface area contributed by atoms with E-state index in [1.807, 2.05) is 0 Å². The first-order valence-corrected chi connectivity index (χ1v) is 9.87. The minimum atomic E-state index is -3.35. The van der Waals surface area contributed by atoms with Gasteiger partial charge >= 0.3 is 7.67 Å². The second-order valence-electron chi connectivity index (χ2n) is 3.71. The van der Waals surface area contributed by atoms with Crippen LogP contribution >= 0.6 is 54.1 Å². The van der Waals surface area contributed by atoms with Crippen molar-refractivity contribution in [2.24, 2.45) is 0 Å². The van der Waals surface area contributed by atoms with Crippen LogP contribution in [0, 0.1) is 0 Å². The Labute approximate surface area is 140 Å². The molecule has 0 saturated carbocycles. The van der Waals surface area contributed by atoms with Gasteiger partial charge in [-0.1, -0.05) is 0 Å².